The van der Waals surface area contributed by atoms with E-state index in [-0.39, 0.29) is 5.91 Å². The van der Waals surface area contributed by atoms with Crippen LogP contribution in [0.4, 0.5) is 11.4 Å². The summed E-state index contributed by atoms with van der Waals surface area (Å²) < 4.78 is 6.42. The highest BCUT2D eigenvalue weighted by Crippen LogP contribution is 2.40. The number of ether oxygens (including phenoxy) is 1. The molecule has 20 heavy (non-hydrogen) atoms. The number of carbonyl (C=O) groups is 1. The Labute approximate surface area is 126 Å². The highest BCUT2D eigenvalue weighted by molar-refractivity contribution is 9.10. The van der Waals surface area contributed by atoms with Gasteiger partial charge in [-0.3, -0.25) is 4.79 Å². The summed E-state index contributed by atoms with van der Waals surface area (Å²) in [5, 5.41) is 12.5. The Morgan fingerprint density at radius 3 is 3.10 bits per heavy atom. The molecule has 2 aliphatic rings. The van der Waals surface area contributed by atoms with E-state index in [4.69, 9.17) is 4.74 Å². The van der Waals surface area contributed by atoms with Gasteiger partial charge >= 0.3 is 0 Å². The zero-order chi connectivity index (χ0) is 14.3. The van der Waals surface area contributed by atoms with Gasteiger partial charge in [0.2, 0.25) is 0 Å². The van der Waals surface area contributed by atoms with Crippen LogP contribution in [0.2, 0.25) is 0 Å². The molecule has 108 valence electrons. The number of fused-ring (bicyclic) bond motifs is 1. The summed E-state index contributed by atoms with van der Waals surface area (Å²) in [6.45, 7) is 4.38. The average molecular weight is 341 g/mol. The predicted octanol–water partition coefficient (Wildman–Crippen LogP) is 2.05. The summed E-state index contributed by atoms with van der Waals surface area (Å²) in [5.74, 6) is -0.363. The van der Waals surface area contributed by atoms with Crippen LogP contribution in [0, 0.1) is 0 Å². The number of benzene rings is 1. The Kier molecular flexibility index (Phi) is 3.70. The first-order valence-corrected chi connectivity index (χ1v) is 7.58. The van der Waals surface area contributed by atoms with Gasteiger partial charge < -0.3 is 20.1 Å². The lowest BCUT2D eigenvalue weighted by Crippen LogP contribution is -2.45. The van der Waals surface area contributed by atoms with Crippen molar-refractivity contribution in [2.45, 2.75) is 25.5 Å². The second kappa shape index (κ2) is 5.35. The summed E-state index contributed by atoms with van der Waals surface area (Å²) in [6, 6.07) is 4.09. The zero-order valence-corrected chi connectivity index (χ0v) is 12.8. The standard InChI is InChI=1S/C14H17BrN2O3/c1-2-8-7-20-4-3-17(8)12-6-11-9(5-10(12)15)13(18)14(19)16-11/h5-6,8,13,18H,2-4,7H2,1H3,(H,16,19). The molecule has 1 fully saturated rings. The van der Waals surface area contributed by atoms with Gasteiger partial charge in [0.25, 0.3) is 5.91 Å². The van der Waals surface area contributed by atoms with Gasteiger partial charge in [-0.1, -0.05) is 6.92 Å². The number of aliphatic hydroxyl groups excluding tert-OH is 1. The number of halogens is 1. The molecule has 1 amide bonds. The van der Waals surface area contributed by atoms with Crippen LogP contribution >= 0.6 is 15.9 Å². The number of carbonyl (C=O) groups excluding carboxylic acids is 1. The van der Waals surface area contributed by atoms with Crippen LogP contribution in [0.1, 0.15) is 25.0 Å². The maximum absolute atomic E-state index is 11.5. The minimum Gasteiger partial charge on any atom is -0.378 e. The fraction of sp³-hybridized carbons (Fsp3) is 0.500. The molecule has 0 radical (unpaired) electrons. The number of amides is 1. The molecule has 5 nitrogen and oxygen atoms in total. The van der Waals surface area contributed by atoms with E-state index in [1.807, 2.05) is 12.1 Å². The Morgan fingerprint density at radius 1 is 1.55 bits per heavy atom. The third-order valence-corrected chi connectivity index (χ3v) is 4.56. The van der Waals surface area contributed by atoms with Gasteiger partial charge in [0.15, 0.2) is 6.10 Å². The van der Waals surface area contributed by atoms with Crippen LogP contribution < -0.4 is 10.2 Å². The van der Waals surface area contributed by atoms with Gasteiger partial charge in [0, 0.05) is 22.3 Å². The summed E-state index contributed by atoms with van der Waals surface area (Å²) in [5.41, 5.74) is 2.36. The van der Waals surface area contributed by atoms with Crippen LogP contribution in [0.3, 0.4) is 0 Å². The van der Waals surface area contributed by atoms with Gasteiger partial charge in [-0.15, -0.1) is 0 Å². The zero-order valence-electron chi connectivity index (χ0n) is 11.2. The monoisotopic (exact) mass is 340 g/mol. The van der Waals surface area contributed by atoms with Crippen molar-refractivity contribution in [3.8, 4) is 0 Å². The van der Waals surface area contributed by atoms with Crippen molar-refractivity contribution >= 4 is 33.2 Å². The molecule has 3 rings (SSSR count). The molecule has 2 aliphatic heterocycles. The number of nitrogens with one attached hydrogen (secondary N) is 1. The van der Waals surface area contributed by atoms with Crippen molar-refractivity contribution in [3.05, 3.63) is 22.2 Å². The van der Waals surface area contributed by atoms with E-state index in [2.05, 4.69) is 33.1 Å². The fourth-order valence-electron chi connectivity index (χ4n) is 2.78. The molecule has 0 aliphatic carbocycles. The second-order valence-electron chi connectivity index (χ2n) is 5.11. The molecule has 2 unspecified atom stereocenters. The maximum atomic E-state index is 11.5. The van der Waals surface area contributed by atoms with Crippen molar-refractivity contribution < 1.29 is 14.6 Å². The minimum atomic E-state index is -1.07. The molecule has 2 heterocycles. The van der Waals surface area contributed by atoms with Crippen LogP contribution in [0.25, 0.3) is 0 Å². The number of hydrogen-bond acceptors (Lipinski definition) is 4. The summed E-state index contributed by atoms with van der Waals surface area (Å²) in [7, 11) is 0. The molecule has 0 spiro atoms. The lowest BCUT2D eigenvalue weighted by molar-refractivity contribution is -0.123. The van der Waals surface area contributed by atoms with E-state index >= 15 is 0 Å². The molecule has 2 N–H and O–H groups in total. The summed E-state index contributed by atoms with van der Waals surface area (Å²) in [6.07, 6.45) is -0.0691. The Bertz CT molecular complexity index is 549. The molecule has 1 aromatic carbocycles. The van der Waals surface area contributed by atoms with Crippen molar-refractivity contribution in [1.82, 2.24) is 0 Å². The molecule has 2 atom stereocenters. The number of morpholine rings is 1. The van der Waals surface area contributed by atoms with E-state index < -0.39 is 6.10 Å². The summed E-state index contributed by atoms with van der Waals surface area (Å²) >= 11 is 3.56. The first-order valence-electron chi connectivity index (χ1n) is 6.78. The van der Waals surface area contributed by atoms with Crippen molar-refractivity contribution in [3.63, 3.8) is 0 Å². The van der Waals surface area contributed by atoms with Crippen molar-refractivity contribution in [1.29, 1.82) is 0 Å². The van der Waals surface area contributed by atoms with Crippen LogP contribution in [0.5, 0.6) is 0 Å². The van der Waals surface area contributed by atoms with Crippen molar-refractivity contribution in [2.75, 3.05) is 30.0 Å². The quantitative estimate of drug-likeness (QED) is 0.864. The molecule has 0 aromatic heterocycles. The molecular formula is C14H17BrN2O3. The van der Waals surface area contributed by atoms with Gasteiger partial charge in [-0.2, -0.15) is 0 Å². The molecule has 1 aromatic rings. The van der Waals surface area contributed by atoms with Gasteiger partial charge in [0.1, 0.15) is 0 Å². The van der Waals surface area contributed by atoms with Crippen LogP contribution in [-0.4, -0.2) is 36.8 Å². The first-order chi connectivity index (χ1) is 9.61. The third-order valence-electron chi connectivity index (χ3n) is 3.93. The summed E-state index contributed by atoms with van der Waals surface area (Å²) in [4.78, 5) is 13.8. The Hall–Kier alpha value is -1.11. The van der Waals surface area contributed by atoms with Crippen molar-refractivity contribution in [2.24, 2.45) is 0 Å². The van der Waals surface area contributed by atoms with E-state index in [1.54, 1.807) is 0 Å². The molecule has 0 bridgehead atoms. The fourth-order valence-corrected chi connectivity index (χ4v) is 3.37. The highest BCUT2D eigenvalue weighted by atomic mass is 79.9. The van der Waals surface area contributed by atoms with Gasteiger partial charge in [-0.25, -0.2) is 0 Å². The number of anilines is 2. The van der Waals surface area contributed by atoms with Crippen LogP contribution in [-0.2, 0) is 9.53 Å². The van der Waals surface area contributed by atoms with E-state index in [1.165, 1.54) is 0 Å². The molecule has 1 saturated heterocycles. The Morgan fingerprint density at radius 2 is 2.35 bits per heavy atom. The second-order valence-corrected chi connectivity index (χ2v) is 5.97. The van der Waals surface area contributed by atoms with E-state index in [9.17, 15) is 9.90 Å². The normalized spacial score (nSPS) is 25.6. The molecule has 6 heteroatoms. The third kappa shape index (κ3) is 2.21. The predicted molar refractivity (Wildman–Crippen MR) is 80.0 cm³/mol. The topological polar surface area (TPSA) is 61.8 Å². The number of aliphatic hydroxyl groups is 1. The Balaban J connectivity index is 1.99. The highest BCUT2D eigenvalue weighted by Gasteiger charge is 2.31. The lowest BCUT2D eigenvalue weighted by atomic mass is 10.1. The SMILES string of the molecule is CCC1COCCN1c1cc2c(cc1Br)C(O)C(=O)N2. The molecule has 0 saturated carbocycles. The van der Waals surface area contributed by atoms with Gasteiger partial charge in [0.05, 0.1) is 24.9 Å². The number of rotatable bonds is 2. The maximum Gasteiger partial charge on any atom is 0.257 e. The number of nitrogens with zero attached hydrogens (tertiary/aromatic N) is 1. The van der Waals surface area contributed by atoms with E-state index in [0.717, 1.165) is 29.7 Å². The van der Waals surface area contributed by atoms with Crippen LogP contribution in [0.15, 0.2) is 16.6 Å². The number of hydrogen-bond donors (Lipinski definition) is 2. The average Bonchev–Trinajstić information content (AvgIpc) is 2.73. The minimum absolute atomic E-state index is 0.333. The van der Waals surface area contributed by atoms with Gasteiger partial charge in [-0.05, 0) is 34.5 Å². The largest absolute Gasteiger partial charge is 0.378 e. The van der Waals surface area contributed by atoms with E-state index in [0.29, 0.717) is 23.9 Å². The first kappa shape index (κ1) is 13.9. The smallest absolute Gasteiger partial charge is 0.257 e. The lowest BCUT2D eigenvalue weighted by Gasteiger charge is -2.37. The molecular weight excluding hydrogens is 324 g/mol.